The van der Waals surface area contributed by atoms with Crippen molar-refractivity contribution in [2.75, 3.05) is 19.6 Å². The number of rotatable bonds is 1. The van der Waals surface area contributed by atoms with Crippen LogP contribution in [0, 0.1) is 5.92 Å². The summed E-state index contributed by atoms with van der Waals surface area (Å²) in [5, 5.41) is 21.8. The van der Waals surface area contributed by atoms with Crippen LogP contribution in [0.25, 0.3) is 0 Å². The summed E-state index contributed by atoms with van der Waals surface area (Å²) in [7, 11) is 0. The van der Waals surface area contributed by atoms with Gasteiger partial charge >= 0.3 is 11.9 Å². The van der Waals surface area contributed by atoms with E-state index in [2.05, 4.69) is 10.6 Å². The highest BCUT2D eigenvalue weighted by Gasteiger charge is 2.25. The second kappa shape index (κ2) is 7.24. The van der Waals surface area contributed by atoms with Crippen LogP contribution in [-0.4, -0.2) is 47.8 Å². The van der Waals surface area contributed by atoms with Crippen molar-refractivity contribution in [3.8, 4) is 0 Å². The molecule has 0 aromatic rings. The Morgan fingerprint density at radius 2 is 1.53 bits per heavy atom. The highest BCUT2D eigenvalue weighted by atomic mass is 16.4. The quantitative estimate of drug-likeness (QED) is 0.481. The van der Waals surface area contributed by atoms with Crippen molar-refractivity contribution in [3.05, 3.63) is 0 Å². The molecule has 6 nitrogen and oxygen atoms in total. The molecule has 0 aromatic heterocycles. The topological polar surface area (TPSA) is 98.7 Å². The third-order valence-electron chi connectivity index (χ3n) is 3.23. The zero-order valence-corrected chi connectivity index (χ0v) is 9.82. The Balaban J connectivity index is 0.000000209. The molecule has 2 aliphatic rings. The fourth-order valence-corrected chi connectivity index (χ4v) is 2.36. The number of carboxylic acid groups (broad SMARTS) is 2. The first-order chi connectivity index (χ1) is 8.11. The van der Waals surface area contributed by atoms with E-state index < -0.39 is 11.9 Å². The predicted molar refractivity (Wildman–Crippen MR) is 61.9 cm³/mol. The van der Waals surface area contributed by atoms with Crippen molar-refractivity contribution in [3.63, 3.8) is 0 Å². The molecule has 2 fully saturated rings. The Morgan fingerprint density at radius 1 is 0.941 bits per heavy atom. The van der Waals surface area contributed by atoms with Crippen molar-refractivity contribution in [2.45, 2.75) is 31.7 Å². The molecule has 98 valence electrons. The Bertz CT molecular complexity index is 246. The maximum atomic E-state index is 9.10. The van der Waals surface area contributed by atoms with Gasteiger partial charge in [0.2, 0.25) is 0 Å². The number of aliphatic carboxylic acids is 2. The molecule has 0 amide bonds. The zero-order valence-electron chi connectivity index (χ0n) is 9.82. The normalized spacial score (nSPS) is 24.8. The zero-order chi connectivity index (χ0) is 12.7. The first kappa shape index (κ1) is 13.9. The monoisotopic (exact) mass is 244 g/mol. The summed E-state index contributed by atoms with van der Waals surface area (Å²) in [6.07, 6.45) is 5.59. The molecular formula is C11H20N2O4. The van der Waals surface area contributed by atoms with Crippen molar-refractivity contribution in [1.29, 1.82) is 0 Å². The van der Waals surface area contributed by atoms with Crippen LogP contribution in [-0.2, 0) is 9.59 Å². The number of hydrogen-bond acceptors (Lipinski definition) is 4. The maximum absolute atomic E-state index is 9.10. The van der Waals surface area contributed by atoms with Crippen LogP contribution in [0.15, 0.2) is 0 Å². The van der Waals surface area contributed by atoms with Gasteiger partial charge in [-0.05, 0) is 51.2 Å². The predicted octanol–water partition coefficient (Wildman–Crippen LogP) is -0.106. The largest absolute Gasteiger partial charge is 0.473 e. The van der Waals surface area contributed by atoms with Crippen LogP contribution in [0.4, 0.5) is 0 Å². The number of piperidine rings is 1. The van der Waals surface area contributed by atoms with Gasteiger partial charge in [0.1, 0.15) is 0 Å². The van der Waals surface area contributed by atoms with Crippen molar-refractivity contribution in [2.24, 2.45) is 5.92 Å². The molecule has 4 N–H and O–H groups in total. The summed E-state index contributed by atoms with van der Waals surface area (Å²) in [5.74, 6) is -2.68. The fourth-order valence-electron chi connectivity index (χ4n) is 2.36. The Kier molecular flexibility index (Phi) is 5.93. The number of carboxylic acids is 2. The molecule has 1 atom stereocenters. The maximum Gasteiger partial charge on any atom is 0.414 e. The number of carbonyl (C=O) groups is 2. The number of hydrogen-bond donors (Lipinski definition) is 4. The van der Waals surface area contributed by atoms with E-state index in [0.29, 0.717) is 0 Å². The van der Waals surface area contributed by atoms with Crippen LogP contribution in [0.1, 0.15) is 25.7 Å². The van der Waals surface area contributed by atoms with Crippen molar-refractivity contribution in [1.82, 2.24) is 10.6 Å². The summed E-state index contributed by atoms with van der Waals surface area (Å²) in [6, 6.07) is 0.858. The molecule has 2 rings (SSSR count). The molecule has 2 heterocycles. The molecule has 2 aliphatic heterocycles. The van der Waals surface area contributed by atoms with E-state index in [1.807, 2.05) is 0 Å². The first-order valence-electron chi connectivity index (χ1n) is 6.01. The average molecular weight is 244 g/mol. The minimum absolute atomic E-state index is 0.858. The molecule has 17 heavy (non-hydrogen) atoms. The lowest BCUT2D eigenvalue weighted by molar-refractivity contribution is -0.159. The van der Waals surface area contributed by atoms with Crippen molar-refractivity contribution >= 4 is 11.9 Å². The summed E-state index contributed by atoms with van der Waals surface area (Å²) < 4.78 is 0. The van der Waals surface area contributed by atoms with Gasteiger partial charge in [0.05, 0.1) is 0 Å². The third kappa shape index (κ3) is 5.14. The molecule has 0 saturated carbocycles. The lowest BCUT2D eigenvalue weighted by Crippen LogP contribution is -2.38. The van der Waals surface area contributed by atoms with Gasteiger partial charge in [-0.2, -0.15) is 0 Å². The SMILES string of the molecule is C1CNC(C2CCNCC2)C1.O=C(O)C(=O)O. The second-order valence-electron chi connectivity index (χ2n) is 4.40. The summed E-state index contributed by atoms with van der Waals surface area (Å²) >= 11 is 0. The minimum Gasteiger partial charge on any atom is -0.473 e. The lowest BCUT2D eigenvalue weighted by Gasteiger charge is -2.27. The smallest absolute Gasteiger partial charge is 0.414 e. The van der Waals surface area contributed by atoms with Gasteiger partial charge in [-0.3, -0.25) is 0 Å². The van der Waals surface area contributed by atoms with Gasteiger partial charge in [0, 0.05) is 6.04 Å². The van der Waals surface area contributed by atoms with Crippen LogP contribution in [0.3, 0.4) is 0 Å². The van der Waals surface area contributed by atoms with E-state index in [0.717, 1.165) is 12.0 Å². The van der Waals surface area contributed by atoms with Gasteiger partial charge in [-0.1, -0.05) is 0 Å². The summed E-state index contributed by atoms with van der Waals surface area (Å²) in [4.78, 5) is 18.2. The van der Waals surface area contributed by atoms with Crippen LogP contribution >= 0.6 is 0 Å². The van der Waals surface area contributed by atoms with E-state index in [9.17, 15) is 0 Å². The van der Waals surface area contributed by atoms with Gasteiger partial charge in [-0.25, -0.2) is 9.59 Å². The Morgan fingerprint density at radius 3 is 1.94 bits per heavy atom. The van der Waals surface area contributed by atoms with Crippen LogP contribution < -0.4 is 10.6 Å². The van der Waals surface area contributed by atoms with Gasteiger partial charge in [-0.15, -0.1) is 0 Å². The molecule has 2 saturated heterocycles. The lowest BCUT2D eigenvalue weighted by atomic mass is 9.89. The summed E-state index contributed by atoms with van der Waals surface area (Å²) in [5.41, 5.74) is 0. The van der Waals surface area contributed by atoms with Crippen LogP contribution in [0.2, 0.25) is 0 Å². The molecule has 0 spiro atoms. The van der Waals surface area contributed by atoms with Gasteiger partial charge < -0.3 is 20.8 Å². The van der Waals surface area contributed by atoms with E-state index >= 15 is 0 Å². The Hall–Kier alpha value is -1.14. The standard InChI is InChI=1S/C9H18N2.C2H2O4/c1-2-9(11-5-1)8-3-6-10-7-4-8;3-1(4)2(5)6/h8-11H,1-7H2;(H,3,4)(H,5,6). The third-order valence-corrected chi connectivity index (χ3v) is 3.23. The molecule has 0 radical (unpaired) electrons. The fraction of sp³-hybridized carbons (Fsp3) is 0.818. The second-order valence-corrected chi connectivity index (χ2v) is 4.40. The van der Waals surface area contributed by atoms with E-state index in [1.54, 1.807) is 0 Å². The highest BCUT2D eigenvalue weighted by molar-refractivity contribution is 6.27. The first-order valence-corrected chi connectivity index (χ1v) is 6.01. The average Bonchev–Trinajstić information content (AvgIpc) is 2.84. The molecule has 0 bridgehead atoms. The van der Waals surface area contributed by atoms with E-state index in [-0.39, 0.29) is 0 Å². The molecule has 6 heteroatoms. The molecule has 0 aliphatic carbocycles. The minimum atomic E-state index is -1.82. The van der Waals surface area contributed by atoms with Crippen molar-refractivity contribution < 1.29 is 19.8 Å². The van der Waals surface area contributed by atoms with E-state index in [4.69, 9.17) is 19.8 Å². The molecule has 1 unspecified atom stereocenters. The molecule has 0 aromatic carbocycles. The van der Waals surface area contributed by atoms with Crippen LogP contribution in [0.5, 0.6) is 0 Å². The highest BCUT2D eigenvalue weighted by Crippen LogP contribution is 2.22. The summed E-state index contributed by atoms with van der Waals surface area (Å²) in [6.45, 7) is 3.74. The van der Waals surface area contributed by atoms with Gasteiger partial charge in [0.25, 0.3) is 0 Å². The van der Waals surface area contributed by atoms with E-state index in [1.165, 1.54) is 45.3 Å². The molecular weight excluding hydrogens is 224 g/mol. The van der Waals surface area contributed by atoms with Gasteiger partial charge in [0.15, 0.2) is 0 Å². The Labute approximate surface area is 100 Å². The number of nitrogens with one attached hydrogen (secondary N) is 2.